The van der Waals surface area contributed by atoms with E-state index in [0.717, 1.165) is 15.6 Å². The lowest BCUT2D eigenvalue weighted by Crippen LogP contribution is -2.13. The molecule has 0 aliphatic rings. The van der Waals surface area contributed by atoms with Crippen LogP contribution in [-0.2, 0) is 18.0 Å². The van der Waals surface area contributed by atoms with Gasteiger partial charge in [-0.15, -0.1) is 0 Å². The van der Waals surface area contributed by atoms with Gasteiger partial charge in [0.1, 0.15) is 30.6 Å². The highest BCUT2D eigenvalue weighted by molar-refractivity contribution is 9.10. The molecule has 4 rings (SSSR count). The predicted octanol–water partition coefficient (Wildman–Crippen LogP) is 9.51. The lowest BCUT2D eigenvalue weighted by atomic mass is 10.1. The minimum absolute atomic E-state index is 0.120. The van der Waals surface area contributed by atoms with Crippen molar-refractivity contribution >= 4 is 68.4 Å². The van der Waals surface area contributed by atoms with Gasteiger partial charge in [-0.3, -0.25) is 4.79 Å². The van der Waals surface area contributed by atoms with Crippen molar-refractivity contribution in [1.82, 2.24) is 0 Å². The first-order valence-electron chi connectivity index (χ1n) is 12.7. The van der Waals surface area contributed by atoms with E-state index in [9.17, 15) is 10.1 Å². The third kappa shape index (κ3) is 8.67. The van der Waals surface area contributed by atoms with E-state index >= 15 is 0 Å². The van der Waals surface area contributed by atoms with Crippen molar-refractivity contribution in [2.24, 2.45) is 0 Å². The summed E-state index contributed by atoms with van der Waals surface area (Å²) in [5.74, 6) is 0.739. The zero-order valence-corrected chi connectivity index (χ0v) is 26.2. The molecular weight excluding hydrogens is 663 g/mol. The summed E-state index contributed by atoms with van der Waals surface area (Å²) in [5.41, 5.74) is 2.62. The number of nitrogens with one attached hydrogen (secondary N) is 1. The zero-order chi connectivity index (χ0) is 30.1. The quantitative estimate of drug-likeness (QED) is 0.126. The number of carbonyl (C=O) groups is 1. The van der Waals surface area contributed by atoms with E-state index in [1.807, 2.05) is 37.3 Å². The lowest BCUT2D eigenvalue weighted by molar-refractivity contribution is -0.112. The molecule has 0 spiro atoms. The van der Waals surface area contributed by atoms with Gasteiger partial charge in [-0.25, -0.2) is 0 Å². The second-order valence-electron chi connectivity index (χ2n) is 8.85. The van der Waals surface area contributed by atoms with Crippen molar-refractivity contribution in [3.05, 3.63) is 121 Å². The van der Waals surface area contributed by atoms with Crippen molar-refractivity contribution in [3.8, 4) is 23.3 Å². The highest BCUT2D eigenvalue weighted by atomic mass is 79.9. The predicted molar refractivity (Wildman–Crippen MR) is 171 cm³/mol. The number of hydrogen-bond donors (Lipinski definition) is 1. The van der Waals surface area contributed by atoms with Gasteiger partial charge in [-0.05, 0) is 84.8 Å². The van der Waals surface area contributed by atoms with E-state index in [4.69, 9.17) is 49.0 Å². The maximum absolute atomic E-state index is 12.9. The number of carbonyl (C=O) groups excluding carboxylic acids is 1. The first kappa shape index (κ1) is 31.3. The molecule has 0 unspecified atom stereocenters. The van der Waals surface area contributed by atoms with Crippen LogP contribution in [0, 0.1) is 11.3 Å². The third-order valence-corrected chi connectivity index (χ3v) is 7.22. The molecule has 0 aliphatic carbocycles. The Morgan fingerprint density at radius 1 is 0.905 bits per heavy atom. The highest BCUT2D eigenvalue weighted by Gasteiger charge is 2.16. The second kappa shape index (κ2) is 15.0. The van der Waals surface area contributed by atoms with Crippen LogP contribution in [0.25, 0.3) is 6.08 Å². The van der Waals surface area contributed by atoms with Crippen molar-refractivity contribution in [3.63, 3.8) is 0 Å². The molecule has 0 heterocycles. The zero-order valence-electron chi connectivity index (χ0n) is 22.3. The summed E-state index contributed by atoms with van der Waals surface area (Å²) in [6.07, 6.45) is 1.43. The smallest absolute Gasteiger partial charge is 0.266 e. The van der Waals surface area contributed by atoms with Gasteiger partial charge in [-0.2, -0.15) is 5.26 Å². The molecule has 0 radical (unpaired) electrons. The van der Waals surface area contributed by atoms with Gasteiger partial charge in [0.2, 0.25) is 0 Å². The molecule has 4 aromatic rings. The minimum Gasteiger partial charge on any atom is -0.490 e. The third-order valence-electron chi connectivity index (χ3n) is 5.83. The molecule has 6 nitrogen and oxygen atoms in total. The number of amides is 1. The molecule has 0 fully saturated rings. The van der Waals surface area contributed by atoms with E-state index in [1.165, 1.54) is 6.08 Å². The van der Waals surface area contributed by atoms with Gasteiger partial charge in [0.15, 0.2) is 11.5 Å². The van der Waals surface area contributed by atoms with E-state index in [-0.39, 0.29) is 17.2 Å². The molecule has 4 aromatic carbocycles. The van der Waals surface area contributed by atoms with Crippen LogP contribution >= 0.6 is 50.7 Å². The molecule has 10 heteroatoms. The van der Waals surface area contributed by atoms with Crippen LogP contribution in [0.1, 0.15) is 23.6 Å². The Morgan fingerprint density at radius 3 is 2.31 bits per heavy atom. The Labute approximate surface area is 267 Å². The van der Waals surface area contributed by atoms with Crippen molar-refractivity contribution in [1.29, 1.82) is 5.26 Å². The Balaban J connectivity index is 1.44. The molecule has 0 saturated carbocycles. The average molecular weight is 687 g/mol. The van der Waals surface area contributed by atoms with Gasteiger partial charge >= 0.3 is 0 Å². The molecule has 42 heavy (non-hydrogen) atoms. The van der Waals surface area contributed by atoms with Crippen molar-refractivity contribution in [2.75, 3.05) is 11.9 Å². The fraction of sp³-hybridized carbons (Fsp3) is 0.125. The van der Waals surface area contributed by atoms with E-state index in [2.05, 4.69) is 21.2 Å². The standard InChI is InChI=1S/C32H24BrCl3N2O4/c1-2-40-30-15-21(14-29(36)31(30)42-19-22-5-8-25(34)16-28(22)35)13-23(17-37)32(39)38-26-9-11-27(12-10-26)41-18-20-3-6-24(33)7-4-20/h3-16H,2,18-19H2,1H3,(H,38,39)/b23-13+. The van der Waals surface area contributed by atoms with Crippen LogP contribution in [0.2, 0.25) is 15.1 Å². The number of ether oxygens (including phenoxy) is 3. The summed E-state index contributed by atoms with van der Waals surface area (Å²) in [5, 5.41) is 13.7. The summed E-state index contributed by atoms with van der Waals surface area (Å²) >= 11 is 22.2. The molecule has 1 N–H and O–H groups in total. The molecule has 0 aromatic heterocycles. The molecule has 1 amide bonds. The summed E-state index contributed by atoms with van der Waals surface area (Å²) in [7, 11) is 0. The van der Waals surface area contributed by atoms with Crippen molar-refractivity contribution in [2.45, 2.75) is 20.1 Å². The Bertz CT molecular complexity index is 1640. The molecular formula is C32H24BrCl3N2O4. The summed E-state index contributed by atoms with van der Waals surface area (Å²) in [6, 6.07) is 25.0. The largest absolute Gasteiger partial charge is 0.490 e. The van der Waals surface area contributed by atoms with Crippen LogP contribution in [0.3, 0.4) is 0 Å². The first-order chi connectivity index (χ1) is 20.2. The van der Waals surface area contributed by atoms with Gasteiger partial charge in [-0.1, -0.05) is 68.9 Å². The van der Waals surface area contributed by atoms with Crippen LogP contribution < -0.4 is 19.5 Å². The minimum atomic E-state index is -0.576. The van der Waals surface area contributed by atoms with Gasteiger partial charge < -0.3 is 19.5 Å². The van der Waals surface area contributed by atoms with Crippen LogP contribution in [0.15, 0.2) is 88.9 Å². The fourth-order valence-corrected chi connectivity index (χ4v) is 4.76. The maximum Gasteiger partial charge on any atom is 0.266 e. The van der Waals surface area contributed by atoms with Gasteiger partial charge in [0.25, 0.3) is 5.91 Å². The van der Waals surface area contributed by atoms with E-state index < -0.39 is 5.91 Å². The Kier molecular flexibility index (Phi) is 11.2. The Morgan fingerprint density at radius 2 is 1.64 bits per heavy atom. The number of hydrogen-bond acceptors (Lipinski definition) is 5. The SMILES string of the molecule is CCOc1cc(/C=C(\C#N)C(=O)Nc2ccc(OCc3ccc(Br)cc3)cc2)cc(Cl)c1OCc1ccc(Cl)cc1Cl. The monoisotopic (exact) mass is 684 g/mol. The number of rotatable bonds is 11. The molecule has 214 valence electrons. The van der Waals surface area contributed by atoms with Gasteiger partial charge in [0.05, 0.1) is 11.6 Å². The number of anilines is 1. The van der Waals surface area contributed by atoms with E-state index in [1.54, 1.807) is 54.6 Å². The van der Waals surface area contributed by atoms with Gasteiger partial charge in [0, 0.05) is 25.8 Å². The first-order valence-corrected chi connectivity index (χ1v) is 14.6. The molecule has 0 atom stereocenters. The number of nitriles is 1. The lowest BCUT2D eigenvalue weighted by Gasteiger charge is -2.15. The Hall–Kier alpha value is -3.67. The van der Waals surface area contributed by atoms with Crippen LogP contribution in [0.5, 0.6) is 17.2 Å². The van der Waals surface area contributed by atoms with E-state index in [0.29, 0.717) is 51.8 Å². The number of benzene rings is 4. The molecule has 0 bridgehead atoms. The second-order valence-corrected chi connectivity index (χ2v) is 11.0. The molecule has 0 aliphatic heterocycles. The maximum atomic E-state index is 12.9. The fourth-order valence-electron chi connectivity index (χ4n) is 3.76. The highest BCUT2D eigenvalue weighted by Crippen LogP contribution is 2.38. The average Bonchev–Trinajstić information content (AvgIpc) is 2.97. The number of nitrogens with zero attached hydrogens (tertiary/aromatic N) is 1. The summed E-state index contributed by atoms with van der Waals surface area (Å²) < 4.78 is 18.5. The van der Waals surface area contributed by atoms with Crippen molar-refractivity contribution < 1.29 is 19.0 Å². The molecule has 0 saturated heterocycles. The topological polar surface area (TPSA) is 80.6 Å². The van der Waals surface area contributed by atoms with Crippen LogP contribution in [0.4, 0.5) is 5.69 Å². The number of halogens is 4. The van der Waals surface area contributed by atoms with Crippen LogP contribution in [-0.4, -0.2) is 12.5 Å². The summed E-state index contributed by atoms with van der Waals surface area (Å²) in [6.45, 7) is 2.70. The summed E-state index contributed by atoms with van der Waals surface area (Å²) in [4.78, 5) is 12.9. The normalized spacial score (nSPS) is 11.0.